The van der Waals surface area contributed by atoms with Gasteiger partial charge < -0.3 is 29.7 Å². The van der Waals surface area contributed by atoms with E-state index in [0.717, 1.165) is 16.8 Å². The Morgan fingerprint density at radius 2 is 1.94 bits per heavy atom. The maximum Gasteiger partial charge on any atom is 0.261 e. The minimum atomic E-state index is -0.584. The summed E-state index contributed by atoms with van der Waals surface area (Å²) in [6.07, 6.45) is 2.52. The van der Waals surface area contributed by atoms with Crippen molar-refractivity contribution >= 4 is 17.3 Å². The van der Waals surface area contributed by atoms with Crippen LogP contribution in [0.5, 0.6) is 0 Å². The van der Waals surface area contributed by atoms with E-state index >= 15 is 0 Å². The Kier molecular flexibility index (Phi) is 6.16. The minimum Gasteiger partial charge on any atom is -0.394 e. The third-order valence-corrected chi connectivity index (χ3v) is 5.83. The lowest BCUT2D eigenvalue weighted by molar-refractivity contribution is -0.175. The Labute approximate surface area is 202 Å². The van der Waals surface area contributed by atoms with E-state index < -0.39 is 11.9 Å². The van der Waals surface area contributed by atoms with Gasteiger partial charge in [0, 0.05) is 24.9 Å². The van der Waals surface area contributed by atoms with E-state index in [-0.39, 0.29) is 12.6 Å². The number of pyridine rings is 2. The number of hydrogen-bond donors (Lipinski definition) is 3. The van der Waals surface area contributed by atoms with Gasteiger partial charge in [-0.25, -0.2) is 9.97 Å². The molecule has 3 aromatic heterocycles. The fraction of sp³-hybridized carbons (Fsp3) is 0.280. The molecule has 4 aromatic rings. The summed E-state index contributed by atoms with van der Waals surface area (Å²) < 4.78 is 16.7. The molecular formula is C25H26N6O4. The van der Waals surface area contributed by atoms with Crippen molar-refractivity contribution in [3.8, 4) is 11.5 Å². The summed E-state index contributed by atoms with van der Waals surface area (Å²) in [7, 11) is 1.61. The standard InChI is InChI=1S/C25H26N6O4/c1-25(2)22-16(24(33-3)34-25)9-10-20(31-22)30-21-11-18(17(12-26-21)23-27-14-28-35-23)29-19(13-32)15-7-5-4-6-8-15/h4-12,14,19,24,32H,13H2,1-3H3,(H2,26,29,30,31)/t19-,24?/m1/s1. The molecule has 4 heterocycles. The van der Waals surface area contributed by atoms with Gasteiger partial charge in [0.2, 0.25) is 0 Å². The van der Waals surface area contributed by atoms with Crippen molar-refractivity contribution in [2.24, 2.45) is 0 Å². The Morgan fingerprint density at radius 1 is 1.11 bits per heavy atom. The van der Waals surface area contributed by atoms with Gasteiger partial charge in [-0.3, -0.25) is 0 Å². The monoisotopic (exact) mass is 474 g/mol. The fourth-order valence-corrected chi connectivity index (χ4v) is 4.12. The molecule has 10 heteroatoms. The second-order valence-corrected chi connectivity index (χ2v) is 8.61. The number of fused-ring (bicyclic) bond motifs is 1. The van der Waals surface area contributed by atoms with Crippen LogP contribution in [0.2, 0.25) is 0 Å². The average Bonchev–Trinajstić information content (AvgIpc) is 3.49. The molecule has 180 valence electrons. The normalized spacial score (nSPS) is 17.1. The maximum atomic E-state index is 10.1. The van der Waals surface area contributed by atoms with Crippen molar-refractivity contribution in [2.75, 3.05) is 24.4 Å². The summed E-state index contributed by atoms with van der Waals surface area (Å²) in [5, 5.41) is 20.4. The molecule has 0 radical (unpaired) electrons. The maximum absolute atomic E-state index is 10.1. The van der Waals surface area contributed by atoms with Crippen LogP contribution in [0.25, 0.3) is 11.5 Å². The molecule has 5 rings (SSSR count). The molecule has 1 aromatic carbocycles. The highest BCUT2D eigenvalue weighted by Gasteiger charge is 2.39. The van der Waals surface area contributed by atoms with Gasteiger partial charge in [-0.1, -0.05) is 35.5 Å². The highest BCUT2D eigenvalue weighted by molar-refractivity contribution is 5.75. The molecule has 0 saturated heterocycles. The van der Waals surface area contributed by atoms with Gasteiger partial charge in [-0.05, 0) is 31.5 Å². The van der Waals surface area contributed by atoms with Crippen LogP contribution in [0.3, 0.4) is 0 Å². The quantitative estimate of drug-likeness (QED) is 0.339. The first kappa shape index (κ1) is 22.9. The van der Waals surface area contributed by atoms with E-state index in [1.807, 2.05) is 62.4 Å². The Balaban J connectivity index is 1.47. The van der Waals surface area contributed by atoms with Crippen molar-refractivity contribution in [2.45, 2.75) is 31.8 Å². The molecule has 0 fully saturated rings. The van der Waals surface area contributed by atoms with Crippen LogP contribution in [0.4, 0.5) is 17.3 Å². The van der Waals surface area contributed by atoms with Crippen LogP contribution in [0, 0.1) is 0 Å². The second kappa shape index (κ2) is 9.41. The highest BCUT2D eigenvalue weighted by Crippen LogP contribution is 2.43. The average molecular weight is 475 g/mol. The minimum absolute atomic E-state index is 0.111. The number of anilines is 3. The van der Waals surface area contributed by atoms with Crippen molar-refractivity contribution in [3.63, 3.8) is 0 Å². The van der Waals surface area contributed by atoms with E-state index in [2.05, 4.69) is 25.8 Å². The molecule has 2 atom stereocenters. The Bertz CT molecular complexity index is 1300. The Hall–Kier alpha value is -3.86. The summed E-state index contributed by atoms with van der Waals surface area (Å²) in [5.41, 5.74) is 3.34. The second-order valence-electron chi connectivity index (χ2n) is 8.61. The zero-order valence-corrected chi connectivity index (χ0v) is 19.6. The molecule has 3 N–H and O–H groups in total. The number of nitrogens with one attached hydrogen (secondary N) is 2. The number of aromatic nitrogens is 4. The fourth-order valence-electron chi connectivity index (χ4n) is 4.12. The summed E-state index contributed by atoms with van der Waals surface area (Å²) in [4.78, 5) is 13.4. The SMILES string of the molecule is COC1OC(C)(C)c2nc(Nc3cc(N[C@H](CO)c4ccccc4)c(-c4ncno4)cn3)ccc21. The van der Waals surface area contributed by atoms with E-state index in [1.54, 1.807) is 13.3 Å². The first-order chi connectivity index (χ1) is 17.0. The van der Waals surface area contributed by atoms with Gasteiger partial charge >= 0.3 is 0 Å². The topological polar surface area (TPSA) is 127 Å². The molecule has 0 bridgehead atoms. The molecule has 1 aliphatic heterocycles. The summed E-state index contributed by atoms with van der Waals surface area (Å²) in [5.74, 6) is 1.48. The van der Waals surface area contributed by atoms with Crippen LogP contribution in [-0.4, -0.2) is 38.9 Å². The molecule has 0 spiro atoms. The molecular weight excluding hydrogens is 448 g/mol. The first-order valence-corrected chi connectivity index (χ1v) is 11.2. The first-order valence-electron chi connectivity index (χ1n) is 11.2. The molecule has 1 unspecified atom stereocenters. The van der Waals surface area contributed by atoms with Crippen molar-refractivity contribution in [1.82, 2.24) is 20.1 Å². The largest absolute Gasteiger partial charge is 0.394 e. The highest BCUT2D eigenvalue weighted by atomic mass is 16.7. The number of rotatable bonds is 8. The lowest BCUT2D eigenvalue weighted by atomic mass is 10.0. The third kappa shape index (κ3) is 4.59. The number of benzene rings is 1. The van der Waals surface area contributed by atoms with E-state index in [4.69, 9.17) is 19.0 Å². The van der Waals surface area contributed by atoms with E-state index in [9.17, 15) is 5.11 Å². The third-order valence-electron chi connectivity index (χ3n) is 5.83. The number of hydrogen-bond acceptors (Lipinski definition) is 10. The van der Waals surface area contributed by atoms with Gasteiger partial charge in [-0.2, -0.15) is 4.98 Å². The number of ether oxygens (including phenoxy) is 2. The predicted molar refractivity (Wildman–Crippen MR) is 129 cm³/mol. The predicted octanol–water partition coefficient (Wildman–Crippen LogP) is 4.33. The van der Waals surface area contributed by atoms with Gasteiger partial charge in [0.15, 0.2) is 12.6 Å². The summed E-state index contributed by atoms with van der Waals surface area (Å²) in [6.45, 7) is 3.81. The molecule has 0 amide bonds. The summed E-state index contributed by atoms with van der Waals surface area (Å²) in [6, 6.07) is 15.0. The van der Waals surface area contributed by atoms with Gasteiger partial charge in [0.1, 0.15) is 17.2 Å². The zero-order chi connectivity index (χ0) is 24.4. The number of aliphatic hydroxyl groups is 1. The molecule has 0 aliphatic carbocycles. The van der Waals surface area contributed by atoms with E-state index in [0.29, 0.717) is 28.8 Å². The van der Waals surface area contributed by atoms with Gasteiger partial charge in [0.25, 0.3) is 5.89 Å². The van der Waals surface area contributed by atoms with Crippen LogP contribution in [0.1, 0.15) is 43.0 Å². The smallest absolute Gasteiger partial charge is 0.261 e. The number of methoxy groups -OCH3 is 1. The van der Waals surface area contributed by atoms with Gasteiger partial charge in [0.05, 0.1) is 29.6 Å². The molecule has 1 aliphatic rings. The van der Waals surface area contributed by atoms with Gasteiger partial charge in [-0.15, -0.1) is 0 Å². The van der Waals surface area contributed by atoms with Crippen molar-refractivity contribution in [1.29, 1.82) is 0 Å². The van der Waals surface area contributed by atoms with Crippen LogP contribution < -0.4 is 10.6 Å². The van der Waals surface area contributed by atoms with Crippen LogP contribution in [-0.2, 0) is 15.1 Å². The molecule has 10 nitrogen and oxygen atoms in total. The lowest BCUT2D eigenvalue weighted by Gasteiger charge is -2.20. The van der Waals surface area contributed by atoms with Crippen molar-refractivity contribution < 1.29 is 19.1 Å². The Morgan fingerprint density at radius 3 is 2.66 bits per heavy atom. The molecule has 35 heavy (non-hydrogen) atoms. The summed E-state index contributed by atoms with van der Waals surface area (Å²) >= 11 is 0. The number of nitrogens with zero attached hydrogens (tertiary/aromatic N) is 4. The zero-order valence-electron chi connectivity index (χ0n) is 19.6. The lowest BCUT2D eigenvalue weighted by Crippen LogP contribution is -2.18. The van der Waals surface area contributed by atoms with Crippen molar-refractivity contribution in [3.05, 3.63) is 77.9 Å². The van der Waals surface area contributed by atoms with Crippen LogP contribution in [0.15, 0.2) is 65.6 Å². The molecule has 0 saturated carbocycles. The van der Waals surface area contributed by atoms with Crippen LogP contribution >= 0.6 is 0 Å². The number of aliphatic hydroxyl groups excluding tert-OH is 1. The van der Waals surface area contributed by atoms with E-state index in [1.165, 1.54) is 6.33 Å².